The summed E-state index contributed by atoms with van der Waals surface area (Å²) in [6.45, 7) is 8.06. The van der Waals surface area contributed by atoms with Gasteiger partial charge in [0.1, 0.15) is 0 Å². The minimum Gasteiger partial charge on any atom is -0.396 e. The molecule has 0 atom stereocenters. The summed E-state index contributed by atoms with van der Waals surface area (Å²) in [4.78, 5) is 2.38. The number of aliphatic hydroxyl groups excluding tert-OH is 2. The molecule has 3 nitrogen and oxygen atoms in total. The van der Waals surface area contributed by atoms with E-state index < -0.39 is 0 Å². The van der Waals surface area contributed by atoms with E-state index in [0.29, 0.717) is 5.92 Å². The Labute approximate surface area is 87.7 Å². The van der Waals surface area contributed by atoms with Crippen molar-refractivity contribution in [2.24, 2.45) is 5.92 Å². The number of hydrogen-bond acceptors (Lipinski definition) is 3. The Kier molecular flexibility index (Phi) is 9.35. The van der Waals surface area contributed by atoms with Gasteiger partial charge in [-0.15, -0.1) is 0 Å². The molecule has 0 saturated heterocycles. The maximum atomic E-state index is 8.85. The normalized spacial score (nSPS) is 11.6. The largest absolute Gasteiger partial charge is 0.396 e. The average Bonchev–Trinajstić information content (AvgIpc) is 2.20. The summed E-state index contributed by atoms with van der Waals surface area (Å²) in [6, 6.07) is 0. The first kappa shape index (κ1) is 13.9. The second-order valence-electron chi connectivity index (χ2n) is 3.71. The SMILES string of the molecule is CCN(CC)CCC(CCO)CCO. The van der Waals surface area contributed by atoms with Gasteiger partial charge in [0.25, 0.3) is 0 Å². The monoisotopic (exact) mass is 203 g/mol. The molecular weight excluding hydrogens is 178 g/mol. The lowest BCUT2D eigenvalue weighted by Gasteiger charge is -2.21. The van der Waals surface area contributed by atoms with Crippen LogP contribution in [0.5, 0.6) is 0 Å². The molecule has 0 saturated carbocycles. The number of nitrogens with zero attached hydrogens (tertiary/aromatic N) is 1. The van der Waals surface area contributed by atoms with Crippen LogP contribution in [0.25, 0.3) is 0 Å². The van der Waals surface area contributed by atoms with Gasteiger partial charge in [0.15, 0.2) is 0 Å². The predicted molar refractivity (Wildman–Crippen MR) is 59.3 cm³/mol. The van der Waals surface area contributed by atoms with Crippen LogP contribution in [0.15, 0.2) is 0 Å². The molecule has 0 aromatic rings. The maximum Gasteiger partial charge on any atom is 0.0433 e. The van der Waals surface area contributed by atoms with Gasteiger partial charge in [-0.3, -0.25) is 0 Å². The first-order valence-electron chi connectivity index (χ1n) is 5.72. The van der Waals surface area contributed by atoms with Crippen LogP contribution in [0, 0.1) is 5.92 Å². The van der Waals surface area contributed by atoms with Crippen LogP contribution >= 0.6 is 0 Å². The van der Waals surface area contributed by atoms with Crippen molar-refractivity contribution in [1.29, 1.82) is 0 Å². The summed E-state index contributed by atoms with van der Waals surface area (Å²) in [7, 11) is 0. The van der Waals surface area contributed by atoms with E-state index in [2.05, 4.69) is 18.7 Å². The van der Waals surface area contributed by atoms with E-state index in [1.165, 1.54) is 0 Å². The van der Waals surface area contributed by atoms with E-state index in [1.807, 2.05) is 0 Å². The Morgan fingerprint density at radius 1 is 0.929 bits per heavy atom. The zero-order valence-electron chi connectivity index (χ0n) is 9.58. The third-order valence-corrected chi connectivity index (χ3v) is 2.82. The Morgan fingerprint density at radius 2 is 1.43 bits per heavy atom. The van der Waals surface area contributed by atoms with Crippen molar-refractivity contribution in [2.75, 3.05) is 32.8 Å². The van der Waals surface area contributed by atoms with Crippen molar-refractivity contribution in [3.8, 4) is 0 Å². The fraction of sp³-hybridized carbons (Fsp3) is 1.00. The molecule has 0 aromatic heterocycles. The second-order valence-corrected chi connectivity index (χ2v) is 3.71. The summed E-state index contributed by atoms with van der Waals surface area (Å²) in [5.74, 6) is 0.477. The Morgan fingerprint density at radius 3 is 1.79 bits per heavy atom. The first-order valence-corrected chi connectivity index (χ1v) is 5.72. The Bertz CT molecular complexity index is 110. The van der Waals surface area contributed by atoms with Crippen molar-refractivity contribution in [2.45, 2.75) is 33.1 Å². The van der Waals surface area contributed by atoms with E-state index in [4.69, 9.17) is 10.2 Å². The fourth-order valence-corrected chi connectivity index (χ4v) is 1.70. The Balaban J connectivity index is 3.67. The first-order chi connectivity index (χ1) is 6.78. The lowest BCUT2D eigenvalue weighted by Crippen LogP contribution is -2.26. The topological polar surface area (TPSA) is 43.7 Å². The van der Waals surface area contributed by atoms with Crippen LogP contribution in [-0.4, -0.2) is 48.0 Å². The number of aliphatic hydroxyl groups is 2. The number of hydrogen-bond donors (Lipinski definition) is 2. The fourth-order valence-electron chi connectivity index (χ4n) is 1.70. The Hall–Kier alpha value is -0.120. The molecule has 86 valence electrons. The van der Waals surface area contributed by atoms with Crippen LogP contribution in [0.1, 0.15) is 33.1 Å². The van der Waals surface area contributed by atoms with Gasteiger partial charge in [0.2, 0.25) is 0 Å². The molecule has 0 aromatic carbocycles. The molecule has 0 aliphatic heterocycles. The van der Waals surface area contributed by atoms with Gasteiger partial charge >= 0.3 is 0 Å². The minimum absolute atomic E-state index is 0.239. The zero-order chi connectivity index (χ0) is 10.8. The van der Waals surface area contributed by atoms with Gasteiger partial charge in [0.05, 0.1) is 0 Å². The van der Waals surface area contributed by atoms with Crippen molar-refractivity contribution >= 4 is 0 Å². The highest BCUT2D eigenvalue weighted by molar-refractivity contribution is 4.62. The van der Waals surface area contributed by atoms with E-state index in [-0.39, 0.29) is 13.2 Å². The van der Waals surface area contributed by atoms with Gasteiger partial charge in [-0.05, 0) is 44.8 Å². The zero-order valence-corrected chi connectivity index (χ0v) is 9.58. The van der Waals surface area contributed by atoms with E-state index in [1.54, 1.807) is 0 Å². The van der Waals surface area contributed by atoms with Crippen molar-refractivity contribution in [3.63, 3.8) is 0 Å². The molecule has 0 aliphatic rings. The molecule has 0 amide bonds. The van der Waals surface area contributed by atoms with Crippen LogP contribution in [0.4, 0.5) is 0 Å². The highest BCUT2D eigenvalue weighted by atomic mass is 16.3. The van der Waals surface area contributed by atoms with Crippen LogP contribution in [-0.2, 0) is 0 Å². The van der Waals surface area contributed by atoms with E-state index in [9.17, 15) is 0 Å². The van der Waals surface area contributed by atoms with Gasteiger partial charge in [-0.2, -0.15) is 0 Å². The standard InChI is InChI=1S/C11H25NO2/c1-3-12(4-2)8-5-11(6-9-13)7-10-14/h11,13-14H,3-10H2,1-2H3. The summed E-state index contributed by atoms with van der Waals surface area (Å²) in [5, 5.41) is 17.7. The van der Waals surface area contributed by atoms with Gasteiger partial charge in [0, 0.05) is 13.2 Å². The smallest absolute Gasteiger partial charge is 0.0433 e. The lowest BCUT2D eigenvalue weighted by molar-refractivity contribution is 0.192. The van der Waals surface area contributed by atoms with Crippen molar-refractivity contribution < 1.29 is 10.2 Å². The maximum absolute atomic E-state index is 8.85. The quantitative estimate of drug-likeness (QED) is 0.590. The van der Waals surface area contributed by atoms with Crippen LogP contribution < -0.4 is 0 Å². The molecule has 0 bridgehead atoms. The summed E-state index contributed by atoms with van der Waals surface area (Å²) in [5.41, 5.74) is 0. The summed E-state index contributed by atoms with van der Waals surface area (Å²) in [6.07, 6.45) is 2.73. The lowest BCUT2D eigenvalue weighted by atomic mass is 9.98. The highest BCUT2D eigenvalue weighted by Crippen LogP contribution is 2.13. The molecule has 2 N–H and O–H groups in total. The molecule has 0 unspecified atom stereocenters. The molecular formula is C11H25NO2. The number of rotatable bonds is 9. The average molecular weight is 203 g/mol. The summed E-state index contributed by atoms with van der Waals surface area (Å²) < 4.78 is 0. The highest BCUT2D eigenvalue weighted by Gasteiger charge is 2.09. The molecule has 0 spiro atoms. The minimum atomic E-state index is 0.239. The van der Waals surface area contributed by atoms with Crippen LogP contribution in [0.2, 0.25) is 0 Å². The van der Waals surface area contributed by atoms with Crippen LogP contribution in [0.3, 0.4) is 0 Å². The third kappa shape index (κ3) is 6.35. The molecule has 0 heterocycles. The van der Waals surface area contributed by atoms with Gasteiger partial charge < -0.3 is 15.1 Å². The molecule has 0 radical (unpaired) electrons. The second kappa shape index (κ2) is 9.44. The molecule has 0 aliphatic carbocycles. The molecule has 0 fully saturated rings. The van der Waals surface area contributed by atoms with Crippen molar-refractivity contribution in [1.82, 2.24) is 4.90 Å². The summed E-state index contributed by atoms with van der Waals surface area (Å²) >= 11 is 0. The molecule has 14 heavy (non-hydrogen) atoms. The molecule has 0 rings (SSSR count). The van der Waals surface area contributed by atoms with Crippen molar-refractivity contribution in [3.05, 3.63) is 0 Å². The van der Waals surface area contributed by atoms with Gasteiger partial charge in [-0.1, -0.05) is 13.8 Å². The third-order valence-electron chi connectivity index (χ3n) is 2.82. The van der Waals surface area contributed by atoms with Gasteiger partial charge in [-0.25, -0.2) is 0 Å². The van der Waals surface area contributed by atoms with E-state index >= 15 is 0 Å². The predicted octanol–water partition coefficient (Wildman–Crippen LogP) is 1.10. The van der Waals surface area contributed by atoms with E-state index in [0.717, 1.165) is 38.9 Å². The molecule has 3 heteroatoms.